The van der Waals surface area contributed by atoms with Crippen LogP contribution in [-0.4, -0.2) is 72.5 Å². The van der Waals surface area contributed by atoms with Crippen molar-refractivity contribution in [3.8, 4) is 0 Å². The highest BCUT2D eigenvalue weighted by molar-refractivity contribution is 7.80. The van der Waals surface area contributed by atoms with Crippen LogP contribution in [0, 0.1) is 0 Å². The molecule has 1 aromatic carbocycles. The first-order chi connectivity index (χ1) is 13.4. The first-order valence-electron chi connectivity index (χ1n) is 8.94. The number of nitrogens with one attached hydrogen (secondary N) is 2. The van der Waals surface area contributed by atoms with Crippen LogP contribution in [0.15, 0.2) is 36.4 Å². The van der Waals surface area contributed by atoms with Gasteiger partial charge in [0.2, 0.25) is 5.91 Å². The quantitative estimate of drug-likeness (QED) is 0.430. The highest BCUT2D eigenvalue weighted by atomic mass is 32.1. The van der Waals surface area contributed by atoms with Crippen LogP contribution in [0.2, 0.25) is 0 Å². The standard InChI is InChI=1S/C19H24N4O4S/c1-3-27-17(25)9-8-16(24)21-19(28)20-15-7-5-4-6-14(15)18(26)23-12-10-22(2)11-13-23/h4-9H,3,10-13H2,1-2H3,(H2,20,21,24,28). The van der Waals surface area contributed by atoms with E-state index in [0.717, 1.165) is 25.2 Å². The number of benzene rings is 1. The molecule has 1 aromatic rings. The molecule has 150 valence electrons. The number of rotatable bonds is 5. The number of ether oxygens (including phenoxy) is 1. The summed E-state index contributed by atoms with van der Waals surface area (Å²) in [5.41, 5.74) is 0.983. The Morgan fingerprint density at radius 2 is 1.82 bits per heavy atom. The molecule has 9 heteroatoms. The van der Waals surface area contributed by atoms with Crippen LogP contribution in [0.25, 0.3) is 0 Å². The Hall–Kier alpha value is -2.78. The molecule has 0 radical (unpaired) electrons. The summed E-state index contributed by atoms with van der Waals surface area (Å²) in [6.07, 6.45) is 2.06. The van der Waals surface area contributed by atoms with Gasteiger partial charge in [0.1, 0.15) is 0 Å². The summed E-state index contributed by atoms with van der Waals surface area (Å²) in [6.45, 7) is 4.85. The first kappa shape index (κ1) is 21.5. The maximum absolute atomic E-state index is 12.8. The number of anilines is 1. The molecule has 1 aliphatic rings. The van der Waals surface area contributed by atoms with Gasteiger partial charge in [-0.3, -0.25) is 14.9 Å². The van der Waals surface area contributed by atoms with E-state index in [1.165, 1.54) is 0 Å². The molecule has 1 heterocycles. The Bertz CT molecular complexity index is 773. The van der Waals surface area contributed by atoms with Crippen molar-refractivity contribution in [2.75, 3.05) is 45.2 Å². The van der Waals surface area contributed by atoms with Crippen molar-refractivity contribution in [3.63, 3.8) is 0 Å². The van der Waals surface area contributed by atoms with Crippen LogP contribution in [0.4, 0.5) is 5.69 Å². The number of amides is 2. The van der Waals surface area contributed by atoms with Crippen LogP contribution in [0.3, 0.4) is 0 Å². The molecule has 0 bridgehead atoms. The molecule has 2 rings (SSSR count). The van der Waals surface area contributed by atoms with Crippen molar-refractivity contribution >= 4 is 40.8 Å². The topological polar surface area (TPSA) is 91.0 Å². The Morgan fingerprint density at radius 1 is 1.14 bits per heavy atom. The summed E-state index contributed by atoms with van der Waals surface area (Å²) in [7, 11) is 2.02. The number of hydrogen-bond donors (Lipinski definition) is 2. The number of carbonyl (C=O) groups excluding carboxylic acids is 3. The predicted octanol–water partition coefficient (Wildman–Crippen LogP) is 1.01. The second-order valence-electron chi connectivity index (χ2n) is 6.17. The van der Waals surface area contributed by atoms with Crippen molar-refractivity contribution in [2.45, 2.75) is 6.92 Å². The van der Waals surface area contributed by atoms with Crippen molar-refractivity contribution in [2.24, 2.45) is 0 Å². The SMILES string of the molecule is CCOC(=O)C=CC(=O)NC(=S)Nc1ccccc1C(=O)N1CCN(C)CC1. The highest BCUT2D eigenvalue weighted by Crippen LogP contribution is 2.18. The molecule has 0 aromatic heterocycles. The van der Waals surface area contributed by atoms with Crippen LogP contribution >= 0.6 is 12.2 Å². The highest BCUT2D eigenvalue weighted by Gasteiger charge is 2.22. The summed E-state index contributed by atoms with van der Waals surface area (Å²) >= 11 is 5.14. The zero-order valence-corrected chi connectivity index (χ0v) is 16.8. The van der Waals surface area contributed by atoms with E-state index in [-0.39, 0.29) is 17.6 Å². The third kappa shape index (κ3) is 6.43. The van der Waals surface area contributed by atoms with Crippen LogP contribution in [-0.2, 0) is 14.3 Å². The largest absolute Gasteiger partial charge is 0.463 e. The van der Waals surface area contributed by atoms with E-state index in [9.17, 15) is 14.4 Å². The fourth-order valence-corrected chi connectivity index (χ4v) is 2.81. The molecule has 8 nitrogen and oxygen atoms in total. The summed E-state index contributed by atoms with van der Waals surface area (Å²) in [5.74, 6) is -1.28. The molecular formula is C19H24N4O4S. The second-order valence-corrected chi connectivity index (χ2v) is 6.58. The number of piperazine rings is 1. The molecular weight excluding hydrogens is 380 g/mol. The molecule has 2 N–H and O–H groups in total. The number of thiocarbonyl (C=S) groups is 1. The van der Waals surface area contributed by atoms with Gasteiger partial charge in [-0.15, -0.1) is 0 Å². The maximum Gasteiger partial charge on any atom is 0.330 e. The molecule has 0 unspecified atom stereocenters. The number of esters is 1. The predicted molar refractivity (Wildman–Crippen MR) is 110 cm³/mol. The van der Waals surface area contributed by atoms with Gasteiger partial charge >= 0.3 is 5.97 Å². The Kier molecular flexibility index (Phi) is 8.09. The Morgan fingerprint density at radius 3 is 2.50 bits per heavy atom. The van der Waals surface area contributed by atoms with Gasteiger partial charge in [-0.25, -0.2) is 4.79 Å². The van der Waals surface area contributed by atoms with E-state index in [4.69, 9.17) is 17.0 Å². The lowest BCUT2D eigenvalue weighted by Crippen LogP contribution is -2.47. The van der Waals surface area contributed by atoms with Gasteiger partial charge in [-0.1, -0.05) is 12.1 Å². The molecule has 0 aliphatic carbocycles. The van der Waals surface area contributed by atoms with E-state index in [0.29, 0.717) is 24.3 Å². The monoisotopic (exact) mass is 404 g/mol. The Balaban J connectivity index is 1.98. The van der Waals surface area contributed by atoms with Crippen molar-refractivity contribution < 1.29 is 19.1 Å². The average molecular weight is 404 g/mol. The summed E-state index contributed by atoms with van der Waals surface area (Å²) in [4.78, 5) is 39.9. The van der Waals surface area contributed by atoms with Gasteiger partial charge in [-0.05, 0) is 38.3 Å². The summed E-state index contributed by atoms with van der Waals surface area (Å²) in [6, 6.07) is 6.98. The minimum Gasteiger partial charge on any atom is -0.463 e. The van der Waals surface area contributed by atoms with E-state index < -0.39 is 11.9 Å². The molecule has 1 saturated heterocycles. The minimum atomic E-state index is -0.611. The normalized spacial score (nSPS) is 14.6. The smallest absolute Gasteiger partial charge is 0.330 e. The molecule has 0 atom stereocenters. The van der Waals surface area contributed by atoms with Gasteiger partial charge < -0.3 is 19.9 Å². The zero-order valence-electron chi connectivity index (χ0n) is 15.9. The van der Waals surface area contributed by atoms with E-state index in [2.05, 4.69) is 15.5 Å². The van der Waals surface area contributed by atoms with Crippen molar-refractivity contribution in [1.29, 1.82) is 0 Å². The van der Waals surface area contributed by atoms with E-state index in [1.54, 1.807) is 36.1 Å². The number of likely N-dealkylation sites (N-methyl/N-ethyl adjacent to an activating group) is 1. The number of para-hydroxylation sites is 1. The fraction of sp³-hybridized carbons (Fsp3) is 0.368. The van der Waals surface area contributed by atoms with Gasteiger partial charge in [0.25, 0.3) is 5.91 Å². The van der Waals surface area contributed by atoms with Gasteiger partial charge in [-0.2, -0.15) is 0 Å². The minimum absolute atomic E-state index is 0.0251. The molecule has 0 spiro atoms. The number of hydrogen-bond acceptors (Lipinski definition) is 6. The molecule has 1 aliphatic heterocycles. The maximum atomic E-state index is 12.8. The van der Waals surface area contributed by atoms with E-state index in [1.807, 2.05) is 7.05 Å². The van der Waals surface area contributed by atoms with Crippen molar-refractivity contribution in [1.82, 2.24) is 15.1 Å². The second kappa shape index (κ2) is 10.5. The fourth-order valence-electron chi connectivity index (χ4n) is 2.60. The summed E-state index contributed by atoms with van der Waals surface area (Å²) in [5, 5.41) is 5.33. The average Bonchev–Trinajstić information content (AvgIpc) is 2.67. The molecule has 2 amide bonds. The van der Waals surface area contributed by atoms with Crippen LogP contribution < -0.4 is 10.6 Å². The number of carbonyl (C=O) groups is 3. The lowest BCUT2D eigenvalue weighted by molar-refractivity contribution is -0.137. The lowest BCUT2D eigenvalue weighted by Gasteiger charge is -2.32. The molecule has 0 saturated carbocycles. The lowest BCUT2D eigenvalue weighted by atomic mass is 10.1. The first-order valence-corrected chi connectivity index (χ1v) is 9.35. The van der Waals surface area contributed by atoms with E-state index >= 15 is 0 Å². The molecule has 28 heavy (non-hydrogen) atoms. The molecule has 1 fully saturated rings. The van der Waals surface area contributed by atoms with Crippen molar-refractivity contribution in [3.05, 3.63) is 42.0 Å². The van der Waals surface area contributed by atoms with Gasteiger partial charge in [0.15, 0.2) is 5.11 Å². The van der Waals surface area contributed by atoms with Crippen LogP contribution in [0.5, 0.6) is 0 Å². The van der Waals surface area contributed by atoms with Crippen LogP contribution in [0.1, 0.15) is 17.3 Å². The number of nitrogens with zero attached hydrogens (tertiary/aromatic N) is 2. The third-order valence-corrected chi connectivity index (χ3v) is 4.29. The van der Waals surface area contributed by atoms with Gasteiger partial charge in [0, 0.05) is 38.3 Å². The van der Waals surface area contributed by atoms with Gasteiger partial charge in [0.05, 0.1) is 17.9 Å². The Labute approximate surface area is 169 Å². The zero-order chi connectivity index (χ0) is 20.5. The summed E-state index contributed by atoms with van der Waals surface area (Å²) < 4.78 is 4.70. The third-order valence-electron chi connectivity index (χ3n) is 4.09.